The van der Waals surface area contributed by atoms with Crippen LogP contribution in [-0.2, 0) is 23.1 Å². The predicted octanol–water partition coefficient (Wildman–Crippen LogP) is 2.01. The number of ether oxygens (including phenoxy) is 2. The molecule has 2 aromatic heterocycles. The van der Waals surface area contributed by atoms with E-state index >= 15 is 0 Å². The lowest BCUT2D eigenvalue weighted by molar-refractivity contribution is -0.246. The van der Waals surface area contributed by atoms with Crippen molar-refractivity contribution >= 4 is 48.2 Å². The van der Waals surface area contributed by atoms with Crippen LogP contribution in [0.4, 0.5) is 5.82 Å². The molecular formula is C17H16ClN5O6PS-. The minimum absolute atomic E-state index is 0.175. The van der Waals surface area contributed by atoms with Gasteiger partial charge in [-0.25, -0.2) is 15.0 Å². The van der Waals surface area contributed by atoms with E-state index in [1.165, 1.54) is 25.2 Å². The number of phosphoric acid groups is 1. The number of nitrogens with zero attached hydrogens (tertiary/aromatic N) is 4. The highest BCUT2D eigenvalue weighted by atomic mass is 35.5. The zero-order chi connectivity index (χ0) is 21.8. The molecule has 1 unspecified atom stereocenters. The Morgan fingerprint density at radius 2 is 2.13 bits per heavy atom. The second kappa shape index (κ2) is 7.98. The maximum Gasteiger partial charge on any atom is 0.268 e. The minimum Gasteiger partial charge on any atom is -0.756 e. The van der Waals surface area contributed by atoms with Gasteiger partial charge in [0.1, 0.15) is 24.6 Å². The molecule has 164 valence electrons. The number of fused-ring (bicyclic) bond motifs is 2. The number of imidazole rings is 1. The van der Waals surface area contributed by atoms with E-state index in [4.69, 9.17) is 35.9 Å². The third-order valence-corrected chi connectivity index (χ3v) is 7.15. The third kappa shape index (κ3) is 3.83. The molecule has 2 aliphatic rings. The van der Waals surface area contributed by atoms with Gasteiger partial charge in [0.25, 0.3) is 7.82 Å². The lowest BCUT2D eigenvalue weighted by atomic mass is 10.1. The zero-order valence-corrected chi connectivity index (χ0v) is 18.4. The first-order valence-electron chi connectivity index (χ1n) is 9.10. The average molecular weight is 485 g/mol. The van der Waals surface area contributed by atoms with E-state index in [0.717, 1.165) is 4.90 Å². The van der Waals surface area contributed by atoms with Gasteiger partial charge in [0, 0.05) is 17.0 Å². The monoisotopic (exact) mass is 484 g/mol. The smallest absolute Gasteiger partial charge is 0.268 e. The van der Waals surface area contributed by atoms with Gasteiger partial charge in [0.2, 0.25) is 0 Å². The van der Waals surface area contributed by atoms with E-state index in [1.807, 2.05) is 12.1 Å². The Morgan fingerprint density at radius 3 is 2.87 bits per heavy atom. The SMILES string of the molecule is CO[C@@H]1[C@@H]2OP(=O)([O-])OC[C@H]2O[C@H]1n1c(Sc2ccc(Cl)cc2)nc2c(N)ncnc21. The summed E-state index contributed by atoms with van der Waals surface area (Å²) < 4.78 is 35.2. The number of hydrogen-bond donors (Lipinski definition) is 1. The van der Waals surface area contributed by atoms with Gasteiger partial charge in [-0.2, -0.15) is 0 Å². The fourth-order valence-electron chi connectivity index (χ4n) is 3.59. The van der Waals surface area contributed by atoms with Crippen LogP contribution in [-0.4, -0.2) is 51.5 Å². The molecule has 5 rings (SSSR count). The van der Waals surface area contributed by atoms with Crippen molar-refractivity contribution in [3.63, 3.8) is 0 Å². The normalized spacial score (nSPS) is 30.5. The molecule has 0 spiro atoms. The van der Waals surface area contributed by atoms with Crippen LogP contribution in [0.15, 0.2) is 40.6 Å². The Morgan fingerprint density at radius 1 is 1.35 bits per heavy atom. The van der Waals surface area contributed by atoms with Crippen LogP contribution in [0.3, 0.4) is 0 Å². The Kier molecular flexibility index (Phi) is 5.43. The molecule has 0 bridgehead atoms. The highest BCUT2D eigenvalue weighted by Crippen LogP contribution is 2.51. The number of halogens is 1. The summed E-state index contributed by atoms with van der Waals surface area (Å²) in [6.07, 6.45) is -1.78. The van der Waals surface area contributed by atoms with Crippen LogP contribution < -0.4 is 10.6 Å². The minimum atomic E-state index is -4.44. The van der Waals surface area contributed by atoms with Crippen LogP contribution in [0.5, 0.6) is 0 Å². The van der Waals surface area contributed by atoms with E-state index in [-0.39, 0.29) is 12.4 Å². The van der Waals surface area contributed by atoms with E-state index < -0.39 is 32.4 Å². The molecular weight excluding hydrogens is 469 g/mol. The van der Waals surface area contributed by atoms with E-state index in [0.29, 0.717) is 21.3 Å². The van der Waals surface area contributed by atoms with Crippen molar-refractivity contribution in [3.05, 3.63) is 35.6 Å². The third-order valence-electron chi connectivity index (χ3n) is 4.96. The van der Waals surface area contributed by atoms with Gasteiger partial charge in [0.05, 0.1) is 6.61 Å². The van der Waals surface area contributed by atoms with Gasteiger partial charge in [0.15, 0.2) is 28.4 Å². The van der Waals surface area contributed by atoms with Crippen molar-refractivity contribution in [1.29, 1.82) is 0 Å². The summed E-state index contributed by atoms with van der Waals surface area (Å²) in [4.78, 5) is 25.6. The summed E-state index contributed by atoms with van der Waals surface area (Å²) in [5.41, 5.74) is 6.83. The van der Waals surface area contributed by atoms with Gasteiger partial charge in [-0.15, -0.1) is 0 Å². The molecule has 2 aliphatic heterocycles. The van der Waals surface area contributed by atoms with Crippen LogP contribution >= 0.6 is 31.2 Å². The van der Waals surface area contributed by atoms with Crippen molar-refractivity contribution in [2.75, 3.05) is 19.5 Å². The van der Waals surface area contributed by atoms with Crippen LogP contribution in [0, 0.1) is 0 Å². The number of rotatable bonds is 4. The lowest BCUT2D eigenvalue weighted by Gasteiger charge is -2.35. The number of nitrogens with two attached hydrogens (primary N) is 1. The van der Waals surface area contributed by atoms with E-state index in [1.54, 1.807) is 16.7 Å². The van der Waals surface area contributed by atoms with Crippen molar-refractivity contribution in [3.8, 4) is 0 Å². The molecule has 2 saturated heterocycles. The van der Waals surface area contributed by atoms with Crippen LogP contribution in [0.25, 0.3) is 11.2 Å². The molecule has 11 nitrogen and oxygen atoms in total. The molecule has 0 aliphatic carbocycles. The Hall–Kier alpha value is -1.76. The first-order valence-corrected chi connectivity index (χ1v) is 11.8. The highest BCUT2D eigenvalue weighted by Gasteiger charge is 2.52. The maximum atomic E-state index is 11.8. The summed E-state index contributed by atoms with van der Waals surface area (Å²) in [5, 5.41) is 1.11. The predicted molar refractivity (Wildman–Crippen MR) is 108 cm³/mol. The first kappa shape index (κ1) is 21.1. The Bertz CT molecular complexity index is 1180. The standard InChI is InChI=1S/C17H17ClN5O6PS/c1-26-13-12-10(6-27-30(24,25)29-12)28-16(13)23-15-11(14(19)20-7-21-15)22-17(23)31-9-4-2-8(18)3-5-9/h2-5,7,10,12-13,16H,6H2,1H3,(H,24,25)(H2,19,20,21)/p-1/t10-,12-,13-,16-/m1/s1. The molecule has 3 aromatic rings. The average Bonchev–Trinajstić information content (AvgIpc) is 3.26. The number of aromatic nitrogens is 4. The van der Waals surface area contributed by atoms with Gasteiger partial charge >= 0.3 is 0 Å². The van der Waals surface area contributed by atoms with Crippen molar-refractivity contribution in [2.24, 2.45) is 0 Å². The molecule has 2 fully saturated rings. The number of methoxy groups -OCH3 is 1. The summed E-state index contributed by atoms with van der Waals surface area (Å²) in [7, 11) is -2.99. The van der Waals surface area contributed by atoms with Crippen LogP contribution in [0.2, 0.25) is 5.02 Å². The maximum absolute atomic E-state index is 11.8. The first-order chi connectivity index (χ1) is 14.9. The number of nitrogen functional groups attached to an aromatic ring is 1. The van der Waals surface area contributed by atoms with Crippen LogP contribution in [0.1, 0.15) is 6.23 Å². The van der Waals surface area contributed by atoms with Gasteiger partial charge in [-0.05, 0) is 24.3 Å². The van der Waals surface area contributed by atoms with Crippen molar-refractivity contribution in [2.45, 2.75) is 34.6 Å². The van der Waals surface area contributed by atoms with Gasteiger partial charge in [-0.3, -0.25) is 9.13 Å². The molecule has 0 amide bonds. The molecule has 31 heavy (non-hydrogen) atoms. The number of hydrogen-bond acceptors (Lipinski definition) is 11. The molecule has 1 aromatic carbocycles. The van der Waals surface area contributed by atoms with E-state index in [9.17, 15) is 9.46 Å². The summed E-state index contributed by atoms with van der Waals surface area (Å²) in [5.74, 6) is 0.203. The molecule has 4 heterocycles. The number of anilines is 1. The molecule has 0 saturated carbocycles. The molecule has 0 radical (unpaired) electrons. The quantitative estimate of drug-likeness (QED) is 0.542. The second-order valence-corrected chi connectivity index (χ2v) is 9.67. The highest BCUT2D eigenvalue weighted by molar-refractivity contribution is 7.99. The molecule has 2 N–H and O–H groups in total. The van der Waals surface area contributed by atoms with Gasteiger partial charge in [-0.1, -0.05) is 23.4 Å². The summed E-state index contributed by atoms with van der Waals surface area (Å²) in [6.45, 7) is -0.175. The zero-order valence-electron chi connectivity index (χ0n) is 16.0. The van der Waals surface area contributed by atoms with Crippen molar-refractivity contribution in [1.82, 2.24) is 19.5 Å². The number of phosphoric ester groups is 1. The topological polar surface area (TPSA) is 147 Å². The van der Waals surface area contributed by atoms with Gasteiger partial charge < -0.3 is 29.1 Å². The molecule has 14 heteroatoms. The molecule has 5 atom stereocenters. The number of benzene rings is 1. The fraction of sp³-hybridized carbons (Fsp3) is 0.353. The largest absolute Gasteiger partial charge is 0.756 e. The second-order valence-electron chi connectivity index (χ2n) is 6.83. The Balaban J connectivity index is 1.60. The Labute approximate surface area is 185 Å². The van der Waals surface area contributed by atoms with E-state index in [2.05, 4.69) is 15.0 Å². The lowest BCUT2D eigenvalue weighted by Crippen LogP contribution is -2.41. The summed E-state index contributed by atoms with van der Waals surface area (Å²) in [6, 6.07) is 7.22. The van der Waals surface area contributed by atoms with Crippen molar-refractivity contribution < 1.29 is 28.0 Å². The fourth-order valence-corrected chi connectivity index (χ4v) is 5.57. The summed E-state index contributed by atoms with van der Waals surface area (Å²) >= 11 is 7.33.